The highest BCUT2D eigenvalue weighted by atomic mass is 32.2. The smallest absolute Gasteiger partial charge is 0.243 e. The number of rotatable bonds is 6. The van der Waals surface area contributed by atoms with Crippen molar-refractivity contribution in [3.8, 4) is 0 Å². The standard InChI is InChI=1S/C22H26F2N2O3S/c1-15(2)21(16-5-7-18(23)8-6-16)25-22(27)17-4-3-13-26(14-17)30(28,29)20-11-9-19(24)10-12-20/h5-12,15,17,21H,3-4,13-14H2,1-2H3,(H,25,27). The number of sulfonamides is 1. The topological polar surface area (TPSA) is 66.5 Å². The van der Waals surface area contributed by atoms with Gasteiger partial charge in [-0.15, -0.1) is 0 Å². The fourth-order valence-corrected chi connectivity index (χ4v) is 5.23. The molecule has 30 heavy (non-hydrogen) atoms. The largest absolute Gasteiger partial charge is 0.349 e. The Labute approximate surface area is 176 Å². The Morgan fingerprint density at radius 1 is 1.03 bits per heavy atom. The van der Waals surface area contributed by atoms with Crippen LogP contribution in [0.15, 0.2) is 53.4 Å². The fraction of sp³-hybridized carbons (Fsp3) is 0.409. The van der Waals surface area contributed by atoms with E-state index in [-0.39, 0.29) is 35.1 Å². The summed E-state index contributed by atoms with van der Waals surface area (Å²) in [6.45, 7) is 4.30. The highest BCUT2D eigenvalue weighted by molar-refractivity contribution is 7.89. The number of hydrogen-bond donors (Lipinski definition) is 1. The Hall–Kier alpha value is -2.32. The minimum Gasteiger partial charge on any atom is -0.349 e. The van der Waals surface area contributed by atoms with Crippen LogP contribution in [0.25, 0.3) is 0 Å². The van der Waals surface area contributed by atoms with Gasteiger partial charge in [-0.1, -0.05) is 26.0 Å². The predicted octanol–water partition coefficient (Wildman–Crippen LogP) is 3.88. The second-order valence-corrected chi connectivity index (χ2v) is 9.88. The lowest BCUT2D eigenvalue weighted by molar-refractivity contribution is -0.127. The summed E-state index contributed by atoms with van der Waals surface area (Å²) >= 11 is 0. The van der Waals surface area contributed by atoms with Crippen LogP contribution in [0, 0.1) is 23.5 Å². The molecule has 0 spiro atoms. The van der Waals surface area contributed by atoms with E-state index in [1.807, 2.05) is 13.8 Å². The summed E-state index contributed by atoms with van der Waals surface area (Å²) in [4.78, 5) is 13.0. The zero-order chi connectivity index (χ0) is 21.9. The maximum absolute atomic E-state index is 13.3. The van der Waals surface area contributed by atoms with Gasteiger partial charge in [-0.3, -0.25) is 4.79 Å². The number of carbonyl (C=O) groups excluding carboxylic acids is 1. The second kappa shape index (κ2) is 9.22. The van der Waals surface area contributed by atoms with Crippen LogP contribution in [0.5, 0.6) is 0 Å². The maximum Gasteiger partial charge on any atom is 0.243 e. The van der Waals surface area contributed by atoms with Crippen LogP contribution in [0.3, 0.4) is 0 Å². The van der Waals surface area contributed by atoms with Gasteiger partial charge in [0, 0.05) is 13.1 Å². The molecular weight excluding hydrogens is 410 g/mol. The lowest BCUT2D eigenvalue weighted by atomic mass is 9.93. The molecule has 1 aliphatic heterocycles. The lowest BCUT2D eigenvalue weighted by Crippen LogP contribution is -2.46. The number of benzene rings is 2. The average molecular weight is 437 g/mol. The minimum absolute atomic E-state index is 0.0105. The Morgan fingerprint density at radius 2 is 1.60 bits per heavy atom. The van der Waals surface area contributed by atoms with Crippen molar-refractivity contribution in [2.75, 3.05) is 13.1 Å². The van der Waals surface area contributed by atoms with Crippen molar-refractivity contribution in [3.63, 3.8) is 0 Å². The molecule has 1 heterocycles. The number of nitrogens with zero attached hydrogens (tertiary/aromatic N) is 1. The first kappa shape index (κ1) is 22.4. The molecule has 1 N–H and O–H groups in total. The van der Waals surface area contributed by atoms with Gasteiger partial charge < -0.3 is 5.32 Å². The monoisotopic (exact) mass is 436 g/mol. The van der Waals surface area contributed by atoms with Gasteiger partial charge in [-0.25, -0.2) is 17.2 Å². The number of amides is 1. The van der Waals surface area contributed by atoms with Gasteiger partial charge in [-0.05, 0) is 60.7 Å². The van der Waals surface area contributed by atoms with Crippen molar-refractivity contribution in [2.24, 2.45) is 11.8 Å². The number of hydrogen-bond acceptors (Lipinski definition) is 3. The molecule has 0 saturated carbocycles. The summed E-state index contributed by atoms with van der Waals surface area (Å²) in [7, 11) is -3.80. The van der Waals surface area contributed by atoms with Crippen molar-refractivity contribution in [1.82, 2.24) is 9.62 Å². The molecule has 2 aromatic rings. The molecule has 3 rings (SSSR count). The summed E-state index contributed by atoms with van der Waals surface area (Å²) in [6, 6.07) is 10.4. The first-order valence-corrected chi connectivity index (χ1v) is 11.4. The molecule has 0 radical (unpaired) electrons. The molecule has 2 aromatic carbocycles. The van der Waals surface area contributed by atoms with Crippen molar-refractivity contribution in [1.29, 1.82) is 0 Å². The molecule has 5 nitrogen and oxygen atoms in total. The molecule has 2 unspecified atom stereocenters. The first-order chi connectivity index (χ1) is 14.2. The van der Waals surface area contributed by atoms with Crippen molar-refractivity contribution in [3.05, 3.63) is 65.7 Å². The van der Waals surface area contributed by atoms with Crippen LogP contribution < -0.4 is 5.32 Å². The average Bonchev–Trinajstić information content (AvgIpc) is 2.73. The molecule has 1 amide bonds. The molecule has 0 bridgehead atoms. The highest BCUT2D eigenvalue weighted by Crippen LogP contribution is 2.27. The Morgan fingerprint density at radius 3 is 2.17 bits per heavy atom. The molecule has 0 aromatic heterocycles. The van der Waals surface area contributed by atoms with Gasteiger partial charge in [0.15, 0.2) is 0 Å². The summed E-state index contributed by atoms with van der Waals surface area (Å²) in [5.41, 5.74) is 0.798. The van der Waals surface area contributed by atoms with Crippen molar-refractivity contribution < 1.29 is 22.0 Å². The van der Waals surface area contributed by atoms with E-state index in [1.54, 1.807) is 12.1 Å². The molecule has 1 saturated heterocycles. The van der Waals surface area contributed by atoms with Crippen molar-refractivity contribution >= 4 is 15.9 Å². The van der Waals surface area contributed by atoms with Crippen LogP contribution in [0.2, 0.25) is 0 Å². The number of halogens is 2. The SMILES string of the molecule is CC(C)C(NC(=O)C1CCCN(S(=O)(=O)c2ccc(F)cc2)C1)c1ccc(F)cc1. The molecular formula is C22H26F2N2O3S. The molecule has 1 aliphatic rings. The molecule has 0 aliphatic carbocycles. The van der Waals surface area contributed by atoms with E-state index in [9.17, 15) is 22.0 Å². The summed E-state index contributed by atoms with van der Waals surface area (Å²) < 4.78 is 53.5. The first-order valence-electron chi connectivity index (χ1n) is 10.00. The Balaban J connectivity index is 1.73. The summed E-state index contributed by atoms with van der Waals surface area (Å²) in [6.07, 6.45) is 1.14. The van der Waals surface area contributed by atoms with Gasteiger partial charge in [0.1, 0.15) is 11.6 Å². The summed E-state index contributed by atoms with van der Waals surface area (Å²) in [5, 5.41) is 3.01. The lowest BCUT2D eigenvalue weighted by Gasteiger charge is -2.33. The number of nitrogens with one attached hydrogen (secondary N) is 1. The zero-order valence-corrected chi connectivity index (χ0v) is 17.8. The Bertz CT molecular complexity index is 976. The van der Waals surface area contributed by atoms with Crippen LogP contribution in [0.1, 0.15) is 38.3 Å². The normalized spacial score (nSPS) is 18.9. The maximum atomic E-state index is 13.3. The molecule has 1 fully saturated rings. The van der Waals surface area contributed by atoms with Gasteiger partial charge >= 0.3 is 0 Å². The van der Waals surface area contributed by atoms with Crippen LogP contribution in [0.4, 0.5) is 8.78 Å². The third-order valence-corrected chi connectivity index (χ3v) is 7.28. The van der Waals surface area contributed by atoms with Crippen molar-refractivity contribution in [2.45, 2.75) is 37.6 Å². The third-order valence-electron chi connectivity index (χ3n) is 5.40. The third kappa shape index (κ3) is 5.05. The van der Waals surface area contributed by atoms with Crippen LogP contribution in [-0.4, -0.2) is 31.7 Å². The van der Waals surface area contributed by atoms with Gasteiger partial charge in [0.05, 0.1) is 16.9 Å². The molecule has 8 heteroatoms. The van der Waals surface area contributed by atoms with Gasteiger partial charge in [0.25, 0.3) is 0 Å². The molecule has 162 valence electrons. The van der Waals surface area contributed by atoms with Crippen LogP contribution >= 0.6 is 0 Å². The predicted molar refractivity (Wildman–Crippen MR) is 110 cm³/mol. The van der Waals surface area contributed by atoms with E-state index < -0.39 is 21.8 Å². The number of piperidine rings is 1. The molecule has 2 atom stereocenters. The van der Waals surface area contributed by atoms with Gasteiger partial charge in [-0.2, -0.15) is 4.31 Å². The van der Waals surface area contributed by atoms with E-state index in [2.05, 4.69) is 5.32 Å². The quantitative estimate of drug-likeness (QED) is 0.747. The highest BCUT2D eigenvalue weighted by Gasteiger charge is 2.34. The van der Waals surface area contributed by atoms with E-state index in [0.29, 0.717) is 19.4 Å². The summed E-state index contributed by atoms with van der Waals surface area (Å²) in [5.74, 6) is -1.50. The van der Waals surface area contributed by atoms with E-state index in [1.165, 1.54) is 28.6 Å². The fourth-order valence-electron chi connectivity index (χ4n) is 3.71. The zero-order valence-electron chi connectivity index (χ0n) is 17.0. The second-order valence-electron chi connectivity index (χ2n) is 7.94. The minimum atomic E-state index is -3.80. The van der Waals surface area contributed by atoms with E-state index in [0.717, 1.165) is 17.7 Å². The van der Waals surface area contributed by atoms with E-state index >= 15 is 0 Å². The van der Waals surface area contributed by atoms with Crippen LogP contribution in [-0.2, 0) is 14.8 Å². The van der Waals surface area contributed by atoms with Gasteiger partial charge in [0.2, 0.25) is 15.9 Å². The Kier molecular flexibility index (Phi) is 6.88. The number of carbonyl (C=O) groups is 1. The van der Waals surface area contributed by atoms with E-state index in [4.69, 9.17) is 0 Å².